The molecule has 0 aliphatic heterocycles. The maximum absolute atomic E-state index is 12.2. The van der Waals surface area contributed by atoms with Crippen LogP contribution in [0, 0.1) is 0 Å². The summed E-state index contributed by atoms with van der Waals surface area (Å²) in [6.45, 7) is 7.51. The molecule has 10 heteroatoms. The van der Waals surface area contributed by atoms with Gasteiger partial charge < -0.3 is 24.2 Å². The lowest BCUT2D eigenvalue weighted by Gasteiger charge is -2.21. The van der Waals surface area contributed by atoms with E-state index in [1.165, 1.54) is 77.0 Å². The maximum Gasteiger partial charge on any atom is 0.407 e. The van der Waals surface area contributed by atoms with E-state index in [0.717, 1.165) is 24.9 Å². The average Bonchev–Trinajstić information content (AvgIpc) is 3.50. The van der Waals surface area contributed by atoms with Crippen LogP contribution in [0.5, 0.6) is 5.75 Å². The number of unbranched alkanes of at least 4 members (excludes halogenated alkanes) is 13. The van der Waals surface area contributed by atoms with Crippen LogP contribution in [0.4, 0.5) is 4.79 Å². The molecule has 43 heavy (non-hydrogen) atoms. The highest BCUT2D eigenvalue weighted by atomic mass is 32.1. The van der Waals surface area contributed by atoms with Crippen molar-refractivity contribution in [2.24, 2.45) is 0 Å². The largest absolute Gasteiger partial charge is 0.447 e. The number of rotatable bonds is 26. The summed E-state index contributed by atoms with van der Waals surface area (Å²) in [4.78, 5) is 22.5. The number of ether oxygens (including phenoxy) is 2. The van der Waals surface area contributed by atoms with E-state index in [2.05, 4.69) is 22.3 Å². The zero-order valence-corrected chi connectivity index (χ0v) is 28.4. The first-order valence-electron chi connectivity index (χ1n) is 16.3. The van der Waals surface area contributed by atoms with Crippen molar-refractivity contribution in [3.8, 4) is 5.75 Å². The summed E-state index contributed by atoms with van der Waals surface area (Å²) in [6.07, 6.45) is 19.2. The van der Waals surface area contributed by atoms with Crippen molar-refractivity contribution >= 4 is 26.0 Å². The van der Waals surface area contributed by atoms with E-state index < -0.39 is 20.8 Å². The van der Waals surface area contributed by atoms with Gasteiger partial charge in [0.2, 0.25) is 5.51 Å². The van der Waals surface area contributed by atoms with Gasteiger partial charge in [-0.25, -0.2) is 4.79 Å². The molecule has 1 heterocycles. The first-order valence-corrected chi connectivity index (χ1v) is 18.4. The van der Waals surface area contributed by atoms with E-state index in [-0.39, 0.29) is 19.3 Å². The van der Waals surface area contributed by atoms with Crippen molar-refractivity contribution in [1.82, 2.24) is 5.32 Å². The lowest BCUT2D eigenvalue weighted by Crippen LogP contribution is -2.33. The molecule has 1 aromatic carbocycles. The number of benzene rings is 1. The smallest absolute Gasteiger partial charge is 0.407 e. The number of nitrogens with one attached hydrogen (secondary N) is 1. The van der Waals surface area contributed by atoms with Gasteiger partial charge in [-0.1, -0.05) is 102 Å². The van der Waals surface area contributed by atoms with Crippen LogP contribution in [0.2, 0.25) is 0 Å². The molecule has 0 aliphatic carbocycles. The van der Waals surface area contributed by atoms with E-state index in [9.17, 15) is 9.69 Å². The lowest BCUT2D eigenvalue weighted by molar-refractivity contribution is -0.683. The molecular formula is C33H56N2O6PS+. The summed E-state index contributed by atoms with van der Waals surface area (Å²) in [5.41, 5.74) is 3.18. The molecule has 244 valence electrons. The van der Waals surface area contributed by atoms with Crippen molar-refractivity contribution in [3.63, 3.8) is 0 Å². The Morgan fingerprint density at radius 3 is 2.07 bits per heavy atom. The molecule has 0 aliphatic rings. The zero-order chi connectivity index (χ0) is 31.0. The molecule has 2 unspecified atom stereocenters. The second kappa shape index (κ2) is 24.5. The highest BCUT2D eigenvalue weighted by Crippen LogP contribution is 2.35. The molecule has 2 rings (SSSR count). The van der Waals surface area contributed by atoms with Gasteiger partial charge in [0.1, 0.15) is 18.5 Å². The van der Waals surface area contributed by atoms with Crippen molar-refractivity contribution < 1.29 is 32.8 Å². The third-order valence-electron chi connectivity index (χ3n) is 7.03. The molecule has 0 radical (unpaired) electrons. The average molecular weight is 640 g/mol. The van der Waals surface area contributed by atoms with Gasteiger partial charge in [-0.2, -0.15) is 4.57 Å². The molecule has 2 aromatic rings. The maximum atomic E-state index is 12.2. The minimum atomic E-state index is -2.16. The number of thiazole rings is 1. The third kappa shape index (κ3) is 20.0. The van der Waals surface area contributed by atoms with E-state index in [1.54, 1.807) is 11.3 Å². The Hall–Kier alpha value is -1.77. The van der Waals surface area contributed by atoms with Crippen LogP contribution < -0.4 is 14.4 Å². The number of hydrogen-bond acceptors (Lipinski definition) is 7. The van der Waals surface area contributed by atoms with Gasteiger partial charge in [0.05, 0.1) is 18.1 Å². The number of amides is 1. The van der Waals surface area contributed by atoms with Gasteiger partial charge in [0, 0.05) is 12.1 Å². The number of hydrogen-bond donors (Lipinski definition) is 2. The van der Waals surface area contributed by atoms with Crippen molar-refractivity contribution in [1.29, 1.82) is 0 Å². The van der Waals surface area contributed by atoms with Crippen LogP contribution in [0.3, 0.4) is 0 Å². The molecule has 0 saturated heterocycles. The summed E-state index contributed by atoms with van der Waals surface area (Å²) in [6, 6.07) is 7.54. The van der Waals surface area contributed by atoms with E-state index in [0.29, 0.717) is 12.3 Å². The van der Waals surface area contributed by atoms with E-state index in [1.807, 2.05) is 49.7 Å². The van der Waals surface area contributed by atoms with Crippen LogP contribution in [0.1, 0.15) is 116 Å². The molecule has 0 spiro atoms. The summed E-state index contributed by atoms with van der Waals surface area (Å²) in [5, 5.41) is 4.85. The molecule has 1 amide bonds. The monoisotopic (exact) mass is 639 g/mol. The normalized spacial score (nSPS) is 12.8. The Morgan fingerprint density at radius 1 is 0.907 bits per heavy atom. The molecule has 8 nitrogen and oxygen atoms in total. The minimum absolute atomic E-state index is 0.0286. The fourth-order valence-electron chi connectivity index (χ4n) is 4.72. The topological polar surface area (TPSA) is 90.1 Å². The molecule has 2 N–H and O–H groups in total. The summed E-state index contributed by atoms with van der Waals surface area (Å²) in [7, 11) is -2.16. The molecule has 2 atom stereocenters. The lowest BCUT2D eigenvalue weighted by atomic mass is 10.0. The standard InChI is InChI=1S/C33H55N2O6PS/c1-4-5-6-7-8-9-10-11-12-13-14-15-16-17-22-34-33(36)38-26-32(40-29(2)3)27-39-42(37)41-31-20-18-30(19-21-31)25-35-23-24-43-28-35/h18-21,23-24,28-29,32,37H,4-17,22,25-27H2,1-3H3/p+1. The Labute approximate surface area is 265 Å². The van der Waals surface area contributed by atoms with Crippen molar-refractivity contribution in [3.05, 3.63) is 46.9 Å². The molecule has 0 saturated carbocycles. The van der Waals surface area contributed by atoms with Crippen LogP contribution in [0.25, 0.3) is 0 Å². The second-order valence-corrected chi connectivity index (χ2v) is 13.1. The molecule has 1 aromatic heterocycles. The Morgan fingerprint density at radius 2 is 1.51 bits per heavy atom. The summed E-state index contributed by atoms with van der Waals surface area (Å²) < 4.78 is 24.3. The predicted molar refractivity (Wildman–Crippen MR) is 175 cm³/mol. The highest BCUT2D eigenvalue weighted by molar-refractivity contribution is 7.41. The van der Waals surface area contributed by atoms with Crippen LogP contribution in [0.15, 0.2) is 41.4 Å². The van der Waals surface area contributed by atoms with E-state index in [4.69, 9.17) is 18.5 Å². The SMILES string of the molecule is CCCCCCCCCCCCCCCCNC(=O)OCC(COP(O)Oc1ccc(C[n+]2ccsc2)cc1)OC(C)C. The number of aromatic nitrogens is 1. The molecular weight excluding hydrogens is 583 g/mol. The number of carbonyl (C=O) groups excluding carboxylic acids is 1. The highest BCUT2D eigenvalue weighted by Gasteiger charge is 2.19. The summed E-state index contributed by atoms with van der Waals surface area (Å²) in [5.74, 6) is 0.521. The number of nitrogens with zero attached hydrogens (tertiary/aromatic N) is 1. The van der Waals surface area contributed by atoms with Crippen LogP contribution in [-0.4, -0.2) is 43.0 Å². The third-order valence-corrected chi connectivity index (χ3v) is 8.44. The van der Waals surface area contributed by atoms with Crippen molar-refractivity contribution in [2.45, 2.75) is 129 Å². The van der Waals surface area contributed by atoms with Crippen LogP contribution in [-0.2, 0) is 20.5 Å². The zero-order valence-electron chi connectivity index (χ0n) is 26.7. The number of alkyl carbamates (subject to hydrolysis) is 1. The van der Waals surface area contributed by atoms with Gasteiger partial charge >= 0.3 is 14.7 Å². The van der Waals surface area contributed by atoms with Gasteiger partial charge in [0.15, 0.2) is 12.7 Å². The first kappa shape index (κ1) is 37.4. The van der Waals surface area contributed by atoms with E-state index >= 15 is 0 Å². The van der Waals surface area contributed by atoms with Gasteiger partial charge in [-0.3, -0.25) is 4.52 Å². The fourth-order valence-corrected chi connectivity index (χ4v) is 5.97. The molecule has 0 bridgehead atoms. The van der Waals surface area contributed by atoms with Gasteiger partial charge in [-0.05, 0) is 44.5 Å². The van der Waals surface area contributed by atoms with Gasteiger partial charge in [-0.15, -0.1) is 0 Å². The fraction of sp³-hybridized carbons (Fsp3) is 0.697. The Balaban J connectivity index is 1.50. The summed E-state index contributed by atoms with van der Waals surface area (Å²) >= 11 is 1.65. The second-order valence-electron chi connectivity index (χ2n) is 11.4. The Bertz CT molecular complexity index is 932. The predicted octanol–water partition coefficient (Wildman–Crippen LogP) is 8.70. The minimum Gasteiger partial charge on any atom is -0.447 e. The van der Waals surface area contributed by atoms with Gasteiger partial charge in [0.25, 0.3) is 0 Å². The first-order chi connectivity index (χ1) is 21.0. The number of carbonyl (C=O) groups is 1. The molecule has 0 fully saturated rings. The van der Waals surface area contributed by atoms with Crippen LogP contribution >= 0.6 is 19.9 Å². The van der Waals surface area contributed by atoms with Crippen molar-refractivity contribution in [2.75, 3.05) is 19.8 Å². The quantitative estimate of drug-likeness (QED) is 0.0608. The Kier molecular flexibility index (Phi) is 21.4.